The van der Waals surface area contributed by atoms with Crippen LogP contribution in [-0.2, 0) is 18.6 Å². The summed E-state index contributed by atoms with van der Waals surface area (Å²) in [5, 5.41) is 1.21. The third kappa shape index (κ3) is 3.08. The molecule has 0 aliphatic heterocycles. The summed E-state index contributed by atoms with van der Waals surface area (Å²) in [6.45, 7) is 0. The SMILES string of the molecule is SCc1cnc(CCc2ccccc2)s1. The highest BCUT2D eigenvalue weighted by molar-refractivity contribution is 7.79. The number of aryl methyl sites for hydroxylation is 2. The van der Waals surface area contributed by atoms with Crippen LogP contribution in [0.2, 0.25) is 0 Å². The van der Waals surface area contributed by atoms with E-state index in [-0.39, 0.29) is 0 Å². The largest absolute Gasteiger partial charge is 0.249 e. The molecule has 0 saturated carbocycles. The van der Waals surface area contributed by atoms with Crippen LogP contribution >= 0.6 is 24.0 Å². The van der Waals surface area contributed by atoms with E-state index in [4.69, 9.17) is 0 Å². The Hall–Kier alpha value is -0.800. The van der Waals surface area contributed by atoms with E-state index in [9.17, 15) is 0 Å². The molecule has 0 aliphatic rings. The molecule has 0 bridgehead atoms. The molecule has 0 fully saturated rings. The van der Waals surface area contributed by atoms with Gasteiger partial charge in [-0.3, -0.25) is 0 Å². The standard InChI is InChI=1S/C12H13NS2/c14-9-11-8-13-12(15-11)7-6-10-4-2-1-3-5-10/h1-5,8,14H,6-7,9H2. The fourth-order valence-electron chi connectivity index (χ4n) is 1.43. The molecule has 0 unspecified atom stereocenters. The molecule has 78 valence electrons. The van der Waals surface area contributed by atoms with Crippen molar-refractivity contribution < 1.29 is 0 Å². The Kier molecular flexibility index (Phi) is 3.80. The summed E-state index contributed by atoms with van der Waals surface area (Å²) < 4.78 is 0. The summed E-state index contributed by atoms with van der Waals surface area (Å²) in [7, 11) is 0. The van der Waals surface area contributed by atoms with Crippen molar-refractivity contribution >= 4 is 24.0 Å². The average Bonchev–Trinajstić information content (AvgIpc) is 2.76. The minimum Gasteiger partial charge on any atom is -0.249 e. The quantitative estimate of drug-likeness (QED) is 0.802. The fourth-order valence-corrected chi connectivity index (χ4v) is 2.49. The molecule has 0 amide bonds. The fraction of sp³-hybridized carbons (Fsp3) is 0.250. The lowest BCUT2D eigenvalue weighted by molar-refractivity contribution is 0.944. The van der Waals surface area contributed by atoms with E-state index in [1.54, 1.807) is 11.3 Å². The topological polar surface area (TPSA) is 12.9 Å². The van der Waals surface area contributed by atoms with Crippen LogP contribution in [0.15, 0.2) is 36.5 Å². The Bertz CT molecular complexity index is 409. The van der Waals surface area contributed by atoms with Crippen LogP contribution in [0.4, 0.5) is 0 Å². The van der Waals surface area contributed by atoms with E-state index < -0.39 is 0 Å². The Morgan fingerprint density at radius 1 is 1.13 bits per heavy atom. The van der Waals surface area contributed by atoms with Crippen molar-refractivity contribution in [1.82, 2.24) is 4.98 Å². The van der Waals surface area contributed by atoms with Gasteiger partial charge in [0.05, 0.1) is 5.01 Å². The summed E-state index contributed by atoms with van der Waals surface area (Å²) in [5.41, 5.74) is 1.38. The molecule has 0 radical (unpaired) electrons. The van der Waals surface area contributed by atoms with Crippen molar-refractivity contribution in [2.45, 2.75) is 18.6 Å². The van der Waals surface area contributed by atoms with Gasteiger partial charge >= 0.3 is 0 Å². The van der Waals surface area contributed by atoms with Crippen LogP contribution in [0, 0.1) is 0 Å². The van der Waals surface area contributed by atoms with Crippen LogP contribution < -0.4 is 0 Å². The normalized spacial score (nSPS) is 10.5. The predicted molar refractivity (Wildman–Crippen MR) is 68.7 cm³/mol. The van der Waals surface area contributed by atoms with E-state index in [1.807, 2.05) is 12.3 Å². The Labute approximate surface area is 99.6 Å². The number of hydrogen-bond acceptors (Lipinski definition) is 3. The molecule has 1 nitrogen and oxygen atoms in total. The van der Waals surface area contributed by atoms with Gasteiger partial charge in [0.15, 0.2) is 0 Å². The zero-order chi connectivity index (χ0) is 10.5. The molecule has 2 rings (SSSR count). The molecule has 0 saturated heterocycles. The minimum atomic E-state index is 0.795. The summed E-state index contributed by atoms with van der Waals surface area (Å²) in [4.78, 5) is 5.62. The smallest absolute Gasteiger partial charge is 0.0931 e. The molecular weight excluding hydrogens is 222 g/mol. The van der Waals surface area contributed by atoms with Crippen LogP contribution in [0.25, 0.3) is 0 Å². The number of thiazole rings is 1. The Morgan fingerprint density at radius 2 is 1.93 bits per heavy atom. The highest BCUT2D eigenvalue weighted by Gasteiger charge is 2.00. The lowest BCUT2D eigenvalue weighted by Gasteiger charge is -1.97. The van der Waals surface area contributed by atoms with Gasteiger partial charge in [-0.2, -0.15) is 12.6 Å². The van der Waals surface area contributed by atoms with Gasteiger partial charge in [-0.05, 0) is 12.0 Å². The number of nitrogens with zero attached hydrogens (tertiary/aromatic N) is 1. The molecule has 2 aromatic rings. The third-order valence-corrected chi connectivity index (χ3v) is 3.84. The van der Waals surface area contributed by atoms with Crippen molar-refractivity contribution in [3.63, 3.8) is 0 Å². The van der Waals surface area contributed by atoms with Gasteiger partial charge in [-0.25, -0.2) is 4.98 Å². The number of hydrogen-bond donors (Lipinski definition) is 1. The highest BCUT2D eigenvalue weighted by atomic mass is 32.1. The maximum atomic E-state index is 4.37. The predicted octanol–water partition coefficient (Wildman–Crippen LogP) is 3.36. The molecule has 1 aromatic heterocycles. The van der Waals surface area contributed by atoms with Gasteiger partial charge in [-0.1, -0.05) is 30.3 Å². The second-order valence-corrected chi connectivity index (χ2v) is 4.88. The summed E-state index contributed by atoms with van der Waals surface area (Å²) in [6, 6.07) is 10.5. The van der Waals surface area contributed by atoms with E-state index in [0.29, 0.717) is 0 Å². The lowest BCUT2D eigenvalue weighted by Crippen LogP contribution is -1.89. The van der Waals surface area contributed by atoms with Crippen LogP contribution in [0.5, 0.6) is 0 Å². The Morgan fingerprint density at radius 3 is 2.60 bits per heavy atom. The molecule has 1 aromatic carbocycles. The summed E-state index contributed by atoms with van der Waals surface area (Å²) >= 11 is 6.00. The van der Waals surface area contributed by atoms with Gasteiger partial charge in [0.1, 0.15) is 0 Å². The molecule has 0 atom stereocenters. The molecular formula is C12H13NS2. The van der Waals surface area contributed by atoms with Crippen LogP contribution in [0.1, 0.15) is 15.4 Å². The molecule has 3 heteroatoms. The first-order valence-corrected chi connectivity index (χ1v) is 6.42. The highest BCUT2D eigenvalue weighted by Crippen LogP contribution is 2.16. The first kappa shape index (κ1) is 10.7. The summed E-state index contributed by atoms with van der Waals surface area (Å²) in [5.74, 6) is 0.795. The van der Waals surface area contributed by atoms with E-state index in [0.717, 1.165) is 18.6 Å². The molecule has 1 heterocycles. The number of thiol groups is 1. The van der Waals surface area contributed by atoms with E-state index >= 15 is 0 Å². The maximum Gasteiger partial charge on any atom is 0.0931 e. The van der Waals surface area contributed by atoms with Crippen molar-refractivity contribution in [3.8, 4) is 0 Å². The molecule has 0 aliphatic carbocycles. The monoisotopic (exact) mass is 235 g/mol. The first-order chi connectivity index (χ1) is 7.38. The second kappa shape index (κ2) is 5.33. The van der Waals surface area contributed by atoms with Crippen molar-refractivity contribution in [2.24, 2.45) is 0 Å². The molecule has 0 N–H and O–H groups in total. The minimum absolute atomic E-state index is 0.795. The zero-order valence-corrected chi connectivity index (χ0v) is 10.1. The second-order valence-electron chi connectivity index (χ2n) is 3.36. The van der Waals surface area contributed by atoms with Gasteiger partial charge in [0.25, 0.3) is 0 Å². The van der Waals surface area contributed by atoms with Gasteiger partial charge in [0, 0.05) is 23.2 Å². The van der Waals surface area contributed by atoms with Crippen LogP contribution in [-0.4, -0.2) is 4.98 Å². The van der Waals surface area contributed by atoms with Gasteiger partial charge in [0.2, 0.25) is 0 Å². The van der Waals surface area contributed by atoms with Gasteiger partial charge < -0.3 is 0 Å². The van der Waals surface area contributed by atoms with Crippen molar-refractivity contribution in [3.05, 3.63) is 52.0 Å². The zero-order valence-electron chi connectivity index (χ0n) is 8.39. The molecule has 0 spiro atoms. The lowest BCUT2D eigenvalue weighted by atomic mass is 10.1. The van der Waals surface area contributed by atoms with Crippen LogP contribution in [0.3, 0.4) is 0 Å². The van der Waals surface area contributed by atoms with Crippen molar-refractivity contribution in [1.29, 1.82) is 0 Å². The van der Waals surface area contributed by atoms with Crippen molar-refractivity contribution in [2.75, 3.05) is 0 Å². The van der Waals surface area contributed by atoms with E-state index in [2.05, 4.69) is 41.9 Å². The third-order valence-electron chi connectivity index (χ3n) is 2.23. The number of rotatable bonds is 4. The van der Waals surface area contributed by atoms with Gasteiger partial charge in [-0.15, -0.1) is 11.3 Å². The average molecular weight is 235 g/mol. The molecule has 15 heavy (non-hydrogen) atoms. The number of aromatic nitrogens is 1. The maximum absolute atomic E-state index is 4.37. The summed E-state index contributed by atoms with van der Waals surface area (Å²) in [6.07, 6.45) is 4.03. The number of benzene rings is 1. The first-order valence-electron chi connectivity index (χ1n) is 4.97. The Balaban J connectivity index is 1.93. The van der Waals surface area contributed by atoms with E-state index in [1.165, 1.54) is 15.4 Å².